The van der Waals surface area contributed by atoms with Gasteiger partial charge < -0.3 is 10.1 Å². The Labute approximate surface area is 144 Å². The van der Waals surface area contributed by atoms with Crippen molar-refractivity contribution in [2.45, 2.75) is 12.3 Å². The van der Waals surface area contributed by atoms with Crippen LogP contribution in [-0.2, 0) is 4.79 Å². The lowest BCUT2D eigenvalue weighted by Gasteiger charge is -2.06. The van der Waals surface area contributed by atoms with E-state index in [0.717, 1.165) is 12.2 Å². The van der Waals surface area contributed by atoms with Crippen molar-refractivity contribution >= 4 is 11.6 Å². The molecule has 1 amide bonds. The minimum Gasteiger partial charge on any atom is -0.497 e. The highest BCUT2D eigenvalue weighted by Gasteiger charge is 2.43. The maximum Gasteiger partial charge on any atom is 0.228 e. The van der Waals surface area contributed by atoms with Crippen LogP contribution in [0.25, 0.3) is 5.82 Å². The van der Waals surface area contributed by atoms with Gasteiger partial charge in [0, 0.05) is 5.92 Å². The number of methoxy groups -OCH3 is 1. The third-order valence-corrected chi connectivity index (χ3v) is 4.34. The third kappa shape index (κ3) is 3.21. The molecule has 1 fully saturated rings. The molecule has 1 saturated carbocycles. The number of hydrogen-bond acceptors (Lipinski definition) is 5. The lowest BCUT2D eigenvalue weighted by atomic mass is 10.1. The van der Waals surface area contributed by atoms with E-state index in [2.05, 4.69) is 20.4 Å². The Kier molecular flexibility index (Phi) is 3.89. The van der Waals surface area contributed by atoms with Crippen molar-refractivity contribution < 1.29 is 9.53 Å². The zero-order valence-corrected chi connectivity index (χ0v) is 13.7. The number of rotatable bonds is 5. The molecule has 7 nitrogen and oxygen atoms in total. The monoisotopic (exact) mass is 335 g/mol. The highest BCUT2D eigenvalue weighted by atomic mass is 16.5. The van der Waals surface area contributed by atoms with Crippen LogP contribution in [-0.4, -0.2) is 32.8 Å². The Morgan fingerprint density at radius 2 is 2.08 bits per heavy atom. The van der Waals surface area contributed by atoms with E-state index >= 15 is 0 Å². The van der Waals surface area contributed by atoms with Crippen molar-refractivity contribution in [1.82, 2.24) is 19.7 Å². The van der Waals surface area contributed by atoms with Crippen molar-refractivity contribution in [3.05, 3.63) is 60.8 Å². The molecule has 0 spiro atoms. The normalized spacial score (nSPS) is 18.6. The number of nitrogens with zero attached hydrogens (tertiary/aromatic N) is 4. The predicted octanol–water partition coefficient (Wildman–Crippen LogP) is 2.41. The van der Waals surface area contributed by atoms with Crippen LogP contribution in [0, 0.1) is 5.92 Å². The minimum atomic E-state index is 0.00314. The molecule has 0 saturated heterocycles. The van der Waals surface area contributed by atoms with Gasteiger partial charge in [-0.05, 0) is 42.2 Å². The lowest BCUT2D eigenvalue weighted by molar-refractivity contribution is -0.117. The van der Waals surface area contributed by atoms with Gasteiger partial charge in [0.05, 0.1) is 19.0 Å². The van der Waals surface area contributed by atoms with E-state index < -0.39 is 0 Å². The van der Waals surface area contributed by atoms with Gasteiger partial charge in [-0.3, -0.25) is 4.79 Å². The van der Waals surface area contributed by atoms with Gasteiger partial charge in [-0.15, -0.1) is 0 Å². The highest BCUT2D eigenvalue weighted by Crippen LogP contribution is 2.48. The predicted molar refractivity (Wildman–Crippen MR) is 91.6 cm³/mol. The Balaban J connectivity index is 1.38. The third-order valence-electron chi connectivity index (χ3n) is 4.34. The fourth-order valence-corrected chi connectivity index (χ4v) is 2.86. The van der Waals surface area contributed by atoms with Gasteiger partial charge in [-0.1, -0.05) is 12.1 Å². The van der Waals surface area contributed by atoms with Gasteiger partial charge in [-0.25, -0.2) is 14.6 Å². The molecule has 2 heterocycles. The summed E-state index contributed by atoms with van der Waals surface area (Å²) >= 11 is 0. The number of carbonyl (C=O) groups excluding carboxylic acids is 1. The molecule has 1 aliphatic carbocycles. The Bertz CT molecular complexity index is 859. The van der Waals surface area contributed by atoms with E-state index in [1.807, 2.05) is 30.3 Å². The fraction of sp³-hybridized carbons (Fsp3) is 0.222. The first-order valence-corrected chi connectivity index (χ1v) is 8.00. The van der Waals surface area contributed by atoms with E-state index in [1.165, 1.54) is 11.9 Å². The Morgan fingerprint density at radius 1 is 1.24 bits per heavy atom. The van der Waals surface area contributed by atoms with Crippen LogP contribution >= 0.6 is 0 Å². The van der Waals surface area contributed by atoms with Crippen molar-refractivity contribution in [1.29, 1.82) is 0 Å². The van der Waals surface area contributed by atoms with Gasteiger partial charge in [0.15, 0.2) is 5.82 Å². The highest BCUT2D eigenvalue weighted by molar-refractivity contribution is 5.95. The molecule has 2 aromatic heterocycles. The average molecular weight is 335 g/mol. The summed E-state index contributed by atoms with van der Waals surface area (Å²) in [4.78, 5) is 20.6. The zero-order chi connectivity index (χ0) is 17.2. The first kappa shape index (κ1) is 15.3. The molecule has 126 valence electrons. The summed E-state index contributed by atoms with van der Waals surface area (Å²) in [6, 6.07) is 11.5. The summed E-state index contributed by atoms with van der Waals surface area (Å²) in [5.41, 5.74) is 1.84. The molecule has 25 heavy (non-hydrogen) atoms. The SMILES string of the molecule is COc1ccc([C@@H]2C[C@H]2C(=O)Nc2ccc(-n3cncn3)nc2)cc1. The smallest absolute Gasteiger partial charge is 0.228 e. The van der Waals surface area contributed by atoms with Gasteiger partial charge in [0.2, 0.25) is 5.91 Å². The summed E-state index contributed by atoms with van der Waals surface area (Å²) in [6.45, 7) is 0. The van der Waals surface area contributed by atoms with Crippen LogP contribution in [0.5, 0.6) is 5.75 Å². The van der Waals surface area contributed by atoms with Crippen molar-refractivity contribution in [3.8, 4) is 11.6 Å². The number of benzene rings is 1. The quantitative estimate of drug-likeness (QED) is 0.774. The number of aromatic nitrogens is 4. The number of amides is 1. The summed E-state index contributed by atoms with van der Waals surface area (Å²) in [7, 11) is 1.64. The first-order valence-electron chi connectivity index (χ1n) is 8.00. The standard InChI is InChI=1S/C18H17N5O2/c1-25-14-5-2-12(3-6-14)15-8-16(15)18(24)22-13-4-7-17(20-9-13)23-11-19-10-21-23/h2-7,9-11,15-16H,8H2,1H3,(H,22,24)/t15-,16+/m0/s1. The largest absolute Gasteiger partial charge is 0.497 e. The maximum atomic E-state index is 12.4. The zero-order valence-electron chi connectivity index (χ0n) is 13.7. The maximum absolute atomic E-state index is 12.4. The van der Waals surface area contributed by atoms with Crippen molar-refractivity contribution in [2.24, 2.45) is 5.92 Å². The molecule has 3 aromatic rings. The van der Waals surface area contributed by atoms with Gasteiger partial charge in [0.25, 0.3) is 0 Å². The molecule has 0 aliphatic heterocycles. The molecule has 0 bridgehead atoms. The molecule has 1 aliphatic rings. The second-order valence-corrected chi connectivity index (χ2v) is 5.96. The van der Waals surface area contributed by atoms with Crippen LogP contribution in [0.1, 0.15) is 17.9 Å². The van der Waals surface area contributed by atoms with Gasteiger partial charge >= 0.3 is 0 Å². The number of hydrogen-bond donors (Lipinski definition) is 1. The summed E-state index contributed by atoms with van der Waals surface area (Å²) < 4.78 is 6.72. The number of ether oxygens (including phenoxy) is 1. The van der Waals surface area contributed by atoms with E-state index in [1.54, 1.807) is 30.4 Å². The van der Waals surface area contributed by atoms with Crippen LogP contribution < -0.4 is 10.1 Å². The lowest BCUT2D eigenvalue weighted by Crippen LogP contribution is -2.15. The van der Waals surface area contributed by atoms with Gasteiger partial charge in [0.1, 0.15) is 18.4 Å². The summed E-state index contributed by atoms with van der Waals surface area (Å²) in [5, 5.41) is 6.95. The molecule has 4 rings (SSSR count). The Morgan fingerprint density at radius 3 is 2.72 bits per heavy atom. The van der Waals surface area contributed by atoms with Gasteiger partial charge in [-0.2, -0.15) is 5.10 Å². The Hall–Kier alpha value is -3.22. The van der Waals surface area contributed by atoms with E-state index in [0.29, 0.717) is 11.5 Å². The fourth-order valence-electron chi connectivity index (χ4n) is 2.86. The van der Waals surface area contributed by atoms with Crippen molar-refractivity contribution in [2.75, 3.05) is 12.4 Å². The summed E-state index contributed by atoms with van der Waals surface area (Å²) in [6.07, 6.45) is 5.51. The molecular weight excluding hydrogens is 318 g/mol. The molecule has 1 aromatic carbocycles. The average Bonchev–Trinajstić information content (AvgIpc) is 3.28. The molecule has 7 heteroatoms. The van der Waals surface area contributed by atoms with Crippen LogP contribution in [0.15, 0.2) is 55.2 Å². The van der Waals surface area contributed by atoms with E-state index in [4.69, 9.17) is 4.74 Å². The van der Waals surface area contributed by atoms with E-state index in [-0.39, 0.29) is 17.7 Å². The van der Waals surface area contributed by atoms with Crippen LogP contribution in [0.4, 0.5) is 5.69 Å². The second kappa shape index (κ2) is 6.35. The van der Waals surface area contributed by atoms with Crippen LogP contribution in [0.2, 0.25) is 0 Å². The van der Waals surface area contributed by atoms with Crippen molar-refractivity contribution in [3.63, 3.8) is 0 Å². The molecule has 1 N–H and O–H groups in total. The number of nitrogens with one attached hydrogen (secondary N) is 1. The van der Waals surface area contributed by atoms with Crippen LogP contribution in [0.3, 0.4) is 0 Å². The number of pyridine rings is 1. The summed E-state index contributed by atoms with van der Waals surface area (Å²) in [5.74, 6) is 1.77. The number of carbonyl (C=O) groups is 1. The second-order valence-electron chi connectivity index (χ2n) is 5.96. The molecule has 0 radical (unpaired) electrons. The molecule has 2 atom stereocenters. The first-order chi connectivity index (χ1) is 12.2. The molecular formula is C18H17N5O2. The van der Waals surface area contributed by atoms with E-state index in [9.17, 15) is 4.79 Å². The number of anilines is 1. The topological polar surface area (TPSA) is 81.9 Å². The molecule has 0 unspecified atom stereocenters. The minimum absolute atomic E-state index is 0.00314.